The fourth-order valence-corrected chi connectivity index (χ4v) is 2.49. The van der Waals surface area contributed by atoms with E-state index in [4.69, 9.17) is 27.9 Å². The van der Waals surface area contributed by atoms with Crippen LogP contribution < -0.4 is 0 Å². The minimum absolute atomic E-state index is 0.00317. The van der Waals surface area contributed by atoms with Gasteiger partial charge in [-0.05, 0) is 24.1 Å². The first-order chi connectivity index (χ1) is 9.43. The van der Waals surface area contributed by atoms with Gasteiger partial charge in [0.15, 0.2) is 5.78 Å². The van der Waals surface area contributed by atoms with Crippen molar-refractivity contribution in [3.63, 3.8) is 0 Å². The van der Waals surface area contributed by atoms with Gasteiger partial charge in [0.05, 0.1) is 18.2 Å². The average Bonchev–Trinajstić information content (AvgIpc) is 2.35. The van der Waals surface area contributed by atoms with Crippen molar-refractivity contribution >= 4 is 29.0 Å². The quantitative estimate of drug-likeness (QED) is 0.683. The molecule has 1 aromatic rings. The molecule has 0 aliphatic rings. The summed E-state index contributed by atoms with van der Waals surface area (Å²) in [5.41, 5.74) is 0.516. The molecule has 20 heavy (non-hydrogen) atoms. The molecular formula is C15H21Cl2NO2. The lowest BCUT2D eigenvalue weighted by atomic mass is 10.1. The maximum Gasteiger partial charge on any atom is 0.178 e. The molecule has 0 unspecified atom stereocenters. The molecule has 3 nitrogen and oxygen atoms in total. The van der Waals surface area contributed by atoms with Crippen LogP contribution in [0.3, 0.4) is 0 Å². The number of ether oxygens (including phenoxy) is 1. The number of rotatable bonds is 8. The number of ketones is 1. The average molecular weight is 318 g/mol. The molecule has 0 atom stereocenters. The highest BCUT2D eigenvalue weighted by Crippen LogP contribution is 2.21. The Morgan fingerprint density at radius 2 is 2.05 bits per heavy atom. The Bertz CT molecular complexity index is 449. The third-order valence-corrected chi connectivity index (χ3v) is 3.38. The van der Waals surface area contributed by atoms with Crippen LogP contribution in [0.1, 0.15) is 24.2 Å². The van der Waals surface area contributed by atoms with E-state index in [2.05, 4.69) is 18.7 Å². The monoisotopic (exact) mass is 317 g/mol. The second-order valence-electron chi connectivity index (χ2n) is 5.17. The van der Waals surface area contributed by atoms with Crippen molar-refractivity contribution < 1.29 is 9.53 Å². The molecule has 0 radical (unpaired) electrons. The normalized spacial score (nSPS) is 11.3. The summed E-state index contributed by atoms with van der Waals surface area (Å²) < 4.78 is 5.08. The van der Waals surface area contributed by atoms with Gasteiger partial charge in [-0.1, -0.05) is 37.0 Å². The Balaban J connectivity index is 2.73. The summed E-state index contributed by atoms with van der Waals surface area (Å²) in [7, 11) is 1.66. The van der Waals surface area contributed by atoms with Gasteiger partial charge in [-0.15, -0.1) is 0 Å². The Hall–Kier alpha value is -0.610. The molecule has 0 N–H and O–H groups in total. The van der Waals surface area contributed by atoms with E-state index in [1.807, 2.05) is 0 Å². The van der Waals surface area contributed by atoms with E-state index < -0.39 is 0 Å². The Labute approximate surface area is 130 Å². The van der Waals surface area contributed by atoms with Crippen molar-refractivity contribution in [3.8, 4) is 0 Å². The number of nitrogens with zero attached hydrogens (tertiary/aromatic N) is 1. The maximum atomic E-state index is 12.3. The highest BCUT2D eigenvalue weighted by Gasteiger charge is 2.16. The second kappa shape index (κ2) is 8.63. The van der Waals surface area contributed by atoms with Gasteiger partial charge in [-0.2, -0.15) is 0 Å². The molecule has 5 heteroatoms. The highest BCUT2D eigenvalue weighted by atomic mass is 35.5. The molecule has 0 bridgehead atoms. The molecule has 0 amide bonds. The summed E-state index contributed by atoms with van der Waals surface area (Å²) in [6.45, 7) is 6.77. The van der Waals surface area contributed by atoms with Gasteiger partial charge in [0, 0.05) is 30.8 Å². The van der Waals surface area contributed by atoms with E-state index >= 15 is 0 Å². The summed E-state index contributed by atoms with van der Waals surface area (Å²) in [6, 6.07) is 4.96. The summed E-state index contributed by atoms with van der Waals surface area (Å²) in [5.74, 6) is 0.490. The molecule has 0 aromatic heterocycles. The van der Waals surface area contributed by atoms with Crippen molar-refractivity contribution in [2.24, 2.45) is 5.92 Å². The molecule has 0 aliphatic heterocycles. The standard InChI is InChI=1S/C15H21Cl2NO2/c1-11(2)9-18(6-7-20-3)10-15(19)13-5-4-12(16)8-14(13)17/h4-5,8,11H,6-7,9-10H2,1-3H3. The van der Waals surface area contributed by atoms with Crippen LogP contribution in [0, 0.1) is 5.92 Å². The molecular weight excluding hydrogens is 297 g/mol. The predicted octanol–water partition coefficient (Wildman–Crippen LogP) is 3.78. The van der Waals surface area contributed by atoms with Crippen LogP contribution in [0.15, 0.2) is 18.2 Å². The van der Waals surface area contributed by atoms with Crippen LogP contribution in [-0.4, -0.2) is 44.0 Å². The van der Waals surface area contributed by atoms with Crippen molar-refractivity contribution in [2.75, 3.05) is 33.4 Å². The zero-order valence-electron chi connectivity index (χ0n) is 12.2. The number of hydrogen-bond donors (Lipinski definition) is 0. The SMILES string of the molecule is COCCN(CC(=O)c1ccc(Cl)cc1Cl)CC(C)C. The van der Waals surface area contributed by atoms with E-state index in [0.717, 1.165) is 13.1 Å². The first-order valence-electron chi connectivity index (χ1n) is 6.63. The van der Waals surface area contributed by atoms with Crippen LogP contribution in [-0.2, 0) is 4.74 Å². The lowest BCUT2D eigenvalue weighted by Gasteiger charge is -2.23. The van der Waals surface area contributed by atoms with Gasteiger partial charge in [0.1, 0.15) is 0 Å². The van der Waals surface area contributed by atoms with Crippen LogP contribution in [0.2, 0.25) is 10.0 Å². The lowest BCUT2D eigenvalue weighted by Crippen LogP contribution is -2.35. The number of methoxy groups -OCH3 is 1. The number of hydrogen-bond acceptors (Lipinski definition) is 3. The van der Waals surface area contributed by atoms with E-state index in [9.17, 15) is 4.79 Å². The molecule has 0 saturated carbocycles. The van der Waals surface area contributed by atoms with Gasteiger partial charge in [-0.25, -0.2) is 0 Å². The molecule has 112 valence electrons. The third kappa shape index (κ3) is 5.80. The van der Waals surface area contributed by atoms with Gasteiger partial charge in [-0.3, -0.25) is 9.69 Å². The number of carbonyl (C=O) groups excluding carboxylic acids is 1. The van der Waals surface area contributed by atoms with E-state index in [1.54, 1.807) is 25.3 Å². The van der Waals surface area contributed by atoms with Crippen LogP contribution in [0.25, 0.3) is 0 Å². The summed E-state index contributed by atoms with van der Waals surface area (Å²) in [6.07, 6.45) is 0. The Morgan fingerprint density at radius 1 is 1.35 bits per heavy atom. The first kappa shape index (κ1) is 17.4. The summed E-state index contributed by atoms with van der Waals surface area (Å²) in [4.78, 5) is 14.4. The van der Waals surface area contributed by atoms with Crippen molar-refractivity contribution in [1.29, 1.82) is 0 Å². The Kier molecular flexibility index (Phi) is 7.52. The number of halogens is 2. The third-order valence-electron chi connectivity index (χ3n) is 2.83. The number of benzene rings is 1. The van der Waals surface area contributed by atoms with E-state index in [1.165, 1.54) is 0 Å². The van der Waals surface area contributed by atoms with Gasteiger partial charge in [0.2, 0.25) is 0 Å². The molecule has 0 heterocycles. The zero-order chi connectivity index (χ0) is 15.1. The number of Topliss-reactive ketones (excluding diaryl/α,β-unsaturated/α-hetero) is 1. The van der Waals surface area contributed by atoms with E-state index in [-0.39, 0.29) is 5.78 Å². The second-order valence-corrected chi connectivity index (χ2v) is 6.01. The van der Waals surface area contributed by atoms with Crippen molar-refractivity contribution in [1.82, 2.24) is 4.90 Å². The smallest absolute Gasteiger partial charge is 0.178 e. The van der Waals surface area contributed by atoms with Crippen LogP contribution in [0.5, 0.6) is 0 Å². The molecule has 0 saturated heterocycles. The summed E-state index contributed by atoms with van der Waals surface area (Å²) >= 11 is 11.9. The van der Waals surface area contributed by atoms with Gasteiger partial charge < -0.3 is 4.74 Å². The fourth-order valence-electron chi connectivity index (χ4n) is 1.98. The van der Waals surface area contributed by atoms with Crippen molar-refractivity contribution in [2.45, 2.75) is 13.8 Å². The highest BCUT2D eigenvalue weighted by molar-refractivity contribution is 6.36. The van der Waals surface area contributed by atoms with Gasteiger partial charge in [0.25, 0.3) is 0 Å². The van der Waals surface area contributed by atoms with Crippen molar-refractivity contribution in [3.05, 3.63) is 33.8 Å². The minimum Gasteiger partial charge on any atom is -0.383 e. The predicted molar refractivity (Wildman–Crippen MR) is 83.9 cm³/mol. The van der Waals surface area contributed by atoms with Gasteiger partial charge >= 0.3 is 0 Å². The largest absolute Gasteiger partial charge is 0.383 e. The maximum absolute atomic E-state index is 12.3. The minimum atomic E-state index is 0.00317. The first-order valence-corrected chi connectivity index (χ1v) is 7.39. The fraction of sp³-hybridized carbons (Fsp3) is 0.533. The summed E-state index contributed by atoms with van der Waals surface area (Å²) in [5, 5.41) is 0.934. The van der Waals surface area contributed by atoms with E-state index in [0.29, 0.717) is 34.7 Å². The number of carbonyl (C=O) groups is 1. The molecule has 0 spiro atoms. The molecule has 1 aromatic carbocycles. The van der Waals surface area contributed by atoms with Crippen LogP contribution >= 0.6 is 23.2 Å². The van der Waals surface area contributed by atoms with Crippen LogP contribution in [0.4, 0.5) is 0 Å². The molecule has 0 fully saturated rings. The molecule has 0 aliphatic carbocycles. The Morgan fingerprint density at radius 3 is 2.60 bits per heavy atom. The lowest BCUT2D eigenvalue weighted by molar-refractivity contribution is 0.0881. The zero-order valence-corrected chi connectivity index (χ0v) is 13.7. The topological polar surface area (TPSA) is 29.5 Å². The molecule has 1 rings (SSSR count).